The first-order valence-corrected chi connectivity index (χ1v) is 17.7. The second kappa shape index (κ2) is 12.6. The van der Waals surface area contributed by atoms with Crippen LogP contribution in [0.3, 0.4) is 0 Å². The summed E-state index contributed by atoms with van der Waals surface area (Å²) in [6.45, 7) is 0. The minimum atomic E-state index is -2.22. The van der Waals surface area contributed by atoms with E-state index in [0.717, 1.165) is 28.4 Å². The average molecular weight is 757 g/mol. The Hall–Kier alpha value is -5.39. The van der Waals surface area contributed by atoms with Gasteiger partial charge in [-0.25, -0.2) is 9.29 Å². The Balaban J connectivity index is 1.24. The van der Waals surface area contributed by atoms with Gasteiger partial charge in [0.25, 0.3) is 11.8 Å². The summed E-state index contributed by atoms with van der Waals surface area (Å²) >= 11 is 15.0. The van der Waals surface area contributed by atoms with Gasteiger partial charge in [0.1, 0.15) is 23.1 Å². The molecule has 8 rings (SSSR count). The second-order valence-electron chi connectivity index (χ2n) is 13.6. The quantitative estimate of drug-likeness (QED) is 0.117. The van der Waals surface area contributed by atoms with Crippen LogP contribution in [0.25, 0.3) is 0 Å². The van der Waals surface area contributed by atoms with Gasteiger partial charge in [-0.1, -0.05) is 29.8 Å². The van der Waals surface area contributed by atoms with E-state index in [9.17, 15) is 28.7 Å². The molecule has 0 radical (unpaired) electrons. The number of rotatable bonds is 7. The molecule has 4 aliphatic rings. The summed E-state index contributed by atoms with van der Waals surface area (Å²) in [5, 5.41) is 13.8. The molecular weight excluding hydrogens is 724 g/mol. The Labute approximate surface area is 313 Å². The number of aromatic hydroxyl groups is 1. The number of carbonyl (C=O) groups is 4. The third-order valence-electron chi connectivity index (χ3n) is 10.9. The van der Waals surface area contributed by atoms with E-state index in [1.54, 1.807) is 30.3 Å². The summed E-state index contributed by atoms with van der Waals surface area (Å²) in [6, 6.07) is 23.9. The topological polar surface area (TPSA) is 125 Å². The van der Waals surface area contributed by atoms with E-state index < -0.39 is 62.9 Å². The molecule has 4 amide bonds. The first-order valence-electron chi connectivity index (χ1n) is 16.9. The Morgan fingerprint density at radius 2 is 1.36 bits per heavy atom. The van der Waals surface area contributed by atoms with Gasteiger partial charge in [-0.05, 0) is 79.4 Å². The minimum Gasteiger partial charge on any atom is -0.508 e. The van der Waals surface area contributed by atoms with Gasteiger partial charge >= 0.3 is 0 Å². The molecule has 2 N–H and O–H groups in total. The lowest BCUT2D eigenvalue weighted by Gasteiger charge is -2.51. The number of benzene rings is 4. The zero-order valence-electron chi connectivity index (χ0n) is 28.4. The average Bonchev–Trinajstić information content (AvgIpc) is 3.50. The highest BCUT2D eigenvalue weighted by Gasteiger charge is 2.77. The molecule has 0 bridgehead atoms. The van der Waals surface area contributed by atoms with Crippen LogP contribution in [0, 0.1) is 23.6 Å². The van der Waals surface area contributed by atoms with Crippen molar-refractivity contribution in [1.82, 2.24) is 0 Å². The number of methoxy groups -OCH3 is 2. The SMILES string of the molecule is COc1cc(O)cc(OC)c1[C@H]1C2=CC[C@@H]3C(=O)N(c4ccc(Nc5ccccc5)cc4)C(=O)[C@@H]3[C@@H]2C[C@@]2(Cl)C(=O)N(c3ccc(F)cc3)C(=O)[C@@]12Cl. The Morgan fingerprint density at radius 1 is 0.774 bits per heavy atom. The Morgan fingerprint density at radius 3 is 1.98 bits per heavy atom. The van der Waals surface area contributed by atoms with Crippen LogP contribution >= 0.6 is 23.2 Å². The van der Waals surface area contributed by atoms with Gasteiger partial charge in [0.05, 0.1) is 37.4 Å². The molecule has 6 atom stereocenters. The van der Waals surface area contributed by atoms with Crippen LogP contribution in [0.1, 0.15) is 24.3 Å². The third kappa shape index (κ3) is 5.04. The molecule has 1 saturated carbocycles. The maximum atomic E-state index is 14.7. The fourth-order valence-corrected chi connectivity index (χ4v) is 9.48. The molecule has 2 heterocycles. The molecule has 0 spiro atoms. The number of amides is 4. The van der Waals surface area contributed by atoms with Crippen LogP contribution < -0.4 is 24.6 Å². The molecule has 0 unspecified atom stereocenters. The molecule has 53 heavy (non-hydrogen) atoms. The zero-order chi connectivity index (χ0) is 37.4. The fourth-order valence-electron chi connectivity index (χ4n) is 8.56. The number of allylic oxidation sites excluding steroid dienone is 2. The van der Waals surface area contributed by atoms with Crippen LogP contribution in [0.4, 0.5) is 27.1 Å². The number of phenols is 1. The number of anilines is 4. The summed E-state index contributed by atoms with van der Waals surface area (Å²) in [6.07, 6.45) is 1.67. The van der Waals surface area contributed by atoms with Crippen molar-refractivity contribution in [3.05, 3.63) is 114 Å². The highest BCUT2D eigenvalue weighted by atomic mass is 35.5. The molecule has 13 heteroatoms. The summed E-state index contributed by atoms with van der Waals surface area (Å²) in [7, 11) is 2.73. The predicted molar refractivity (Wildman–Crippen MR) is 196 cm³/mol. The van der Waals surface area contributed by atoms with Gasteiger partial charge < -0.3 is 19.9 Å². The van der Waals surface area contributed by atoms with Crippen molar-refractivity contribution in [1.29, 1.82) is 0 Å². The number of ether oxygens (including phenoxy) is 2. The number of nitrogens with zero attached hydrogens (tertiary/aromatic N) is 2. The van der Waals surface area contributed by atoms with Gasteiger partial charge in [0.2, 0.25) is 11.8 Å². The molecular formula is C40H32Cl2FN3O7. The van der Waals surface area contributed by atoms with E-state index in [1.807, 2.05) is 30.3 Å². The van der Waals surface area contributed by atoms with E-state index in [2.05, 4.69) is 5.32 Å². The molecule has 4 aromatic carbocycles. The number of fused-ring (bicyclic) bond motifs is 4. The standard InChI is InChI=1S/C40H32Cl2FN3O7/c1-52-30-18-26(47)19-31(53-2)33(30)34-27-16-17-28-32(36(49)45(35(28)48)24-14-10-23(11-15-24)44-22-6-4-3-5-7-22)29(27)20-39(41)37(50)46(38(51)40(34,39)42)25-12-8-21(43)9-13-25/h3-16,18-19,28-29,32,34,44,47H,17,20H2,1-2H3/t28-,29+,32-,34+,39+,40-/m0/s1. The molecule has 3 fully saturated rings. The van der Waals surface area contributed by atoms with Gasteiger partial charge in [-0.3, -0.25) is 24.1 Å². The summed E-state index contributed by atoms with van der Waals surface area (Å²) < 4.78 is 25.4. The second-order valence-corrected chi connectivity index (χ2v) is 14.8. The van der Waals surface area contributed by atoms with Crippen molar-refractivity contribution in [3.63, 3.8) is 0 Å². The maximum absolute atomic E-state index is 14.7. The van der Waals surface area contributed by atoms with Crippen molar-refractivity contribution < 1.29 is 38.1 Å². The van der Waals surface area contributed by atoms with Crippen molar-refractivity contribution in [2.75, 3.05) is 29.3 Å². The maximum Gasteiger partial charge on any atom is 0.258 e. The van der Waals surface area contributed by atoms with E-state index in [1.165, 1.54) is 43.4 Å². The van der Waals surface area contributed by atoms with E-state index in [-0.39, 0.29) is 41.3 Å². The number of imide groups is 2. The number of phenolic OH excluding ortho intramolecular Hbond substituents is 1. The van der Waals surface area contributed by atoms with E-state index in [0.29, 0.717) is 11.3 Å². The van der Waals surface area contributed by atoms with Gasteiger partial charge in [-0.2, -0.15) is 0 Å². The molecule has 270 valence electrons. The smallest absolute Gasteiger partial charge is 0.258 e. The fraction of sp³-hybridized carbons (Fsp3) is 0.250. The molecule has 2 aliphatic heterocycles. The third-order valence-corrected chi connectivity index (χ3v) is 12.3. The lowest BCUT2D eigenvalue weighted by Crippen LogP contribution is -2.60. The number of nitrogens with one attached hydrogen (secondary N) is 1. The van der Waals surface area contributed by atoms with Crippen LogP contribution in [-0.2, 0) is 19.2 Å². The summed E-state index contributed by atoms with van der Waals surface area (Å²) in [4.78, 5) is 55.6. The number of carbonyl (C=O) groups excluding carboxylic acids is 4. The number of alkyl halides is 2. The molecule has 2 aliphatic carbocycles. The first-order chi connectivity index (χ1) is 25.4. The highest BCUT2D eigenvalue weighted by Crippen LogP contribution is 2.67. The zero-order valence-corrected chi connectivity index (χ0v) is 29.9. The van der Waals surface area contributed by atoms with Gasteiger partial charge in [0.15, 0.2) is 9.75 Å². The van der Waals surface area contributed by atoms with Crippen LogP contribution in [0.5, 0.6) is 17.2 Å². The first kappa shape index (κ1) is 34.7. The lowest BCUT2D eigenvalue weighted by molar-refractivity contribution is -0.125. The van der Waals surface area contributed by atoms with Crippen molar-refractivity contribution in [3.8, 4) is 17.2 Å². The molecule has 0 aromatic heterocycles. The molecule has 2 saturated heterocycles. The van der Waals surface area contributed by atoms with Crippen LogP contribution in [-0.4, -0.2) is 52.7 Å². The summed E-state index contributed by atoms with van der Waals surface area (Å²) in [5.41, 5.74) is 2.79. The number of hydrogen-bond donors (Lipinski definition) is 2. The Bertz CT molecular complexity index is 2190. The van der Waals surface area contributed by atoms with Crippen LogP contribution in [0.2, 0.25) is 0 Å². The van der Waals surface area contributed by atoms with Gasteiger partial charge in [0, 0.05) is 35.0 Å². The van der Waals surface area contributed by atoms with E-state index >= 15 is 0 Å². The molecule has 4 aromatic rings. The summed E-state index contributed by atoms with van der Waals surface area (Å²) in [5.74, 6) is -7.02. The minimum absolute atomic E-state index is 0.0533. The largest absolute Gasteiger partial charge is 0.508 e. The normalized spacial score (nSPS) is 27.6. The van der Waals surface area contributed by atoms with Crippen molar-refractivity contribution in [2.45, 2.75) is 28.5 Å². The Kier molecular flexibility index (Phi) is 8.27. The lowest BCUT2D eigenvalue weighted by atomic mass is 9.56. The van der Waals surface area contributed by atoms with E-state index in [4.69, 9.17) is 32.7 Å². The predicted octanol–water partition coefficient (Wildman–Crippen LogP) is 7.06. The monoisotopic (exact) mass is 755 g/mol. The van der Waals surface area contributed by atoms with Crippen molar-refractivity contribution in [2.24, 2.45) is 17.8 Å². The highest BCUT2D eigenvalue weighted by molar-refractivity contribution is 6.58. The van der Waals surface area contributed by atoms with Crippen LogP contribution in [0.15, 0.2) is 103 Å². The number of para-hydroxylation sites is 1. The van der Waals surface area contributed by atoms with Gasteiger partial charge in [-0.15, -0.1) is 23.2 Å². The van der Waals surface area contributed by atoms with Crippen molar-refractivity contribution >= 4 is 69.6 Å². The number of hydrogen-bond acceptors (Lipinski definition) is 8. The number of halogens is 3. The molecule has 10 nitrogen and oxygen atoms in total.